The van der Waals surface area contributed by atoms with Crippen LogP contribution < -0.4 is 0 Å². The molecule has 0 aliphatic heterocycles. The smallest absolute Gasteiger partial charge is 0.226 e. The third kappa shape index (κ3) is 2.26. The number of carbonyl (C=O) groups is 1. The van der Waals surface area contributed by atoms with Crippen molar-refractivity contribution < 1.29 is 4.79 Å². The fourth-order valence-corrected chi connectivity index (χ4v) is 1.62. The summed E-state index contributed by atoms with van der Waals surface area (Å²) in [4.78, 5) is 23.4. The van der Waals surface area contributed by atoms with Crippen molar-refractivity contribution in [1.82, 2.24) is 4.90 Å². The van der Waals surface area contributed by atoms with Gasteiger partial charge in [-0.25, -0.2) is 0 Å². The van der Waals surface area contributed by atoms with Gasteiger partial charge in [-0.1, -0.05) is 5.18 Å². The highest BCUT2D eigenvalue weighted by Gasteiger charge is 2.44. The summed E-state index contributed by atoms with van der Waals surface area (Å²) in [5.41, 5.74) is 0. The monoisotopic (exact) mass is 184 g/mol. The van der Waals surface area contributed by atoms with Gasteiger partial charge in [0.15, 0.2) is 0 Å². The number of nitroso groups, excluding NO2 is 1. The zero-order valence-electron chi connectivity index (χ0n) is 8.19. The predicted octanol–water partition coefficient (Wildman–Crippen LogP) is 1.26. The van der Waals surface area contributed by atoms with Crippen molar-refractivity contribution in [3.63, 3.8) is 0 Å². The summed E-state index contributed by atoms with van der Waals surface area (Å²) in [6.07, 6.45) is 0.848. The summed E-state index contributed by atoms with van der Waals surface area (Å²) in [5, 5.41) is 2.82. The molecule has 2 atom stereocenters. The lowest BCUT2D eigenvalue weighted by atomic mass is 10.2. The molecule has 0 saturated heterocycles. The highest BCUT2D eigenvalue weighted by Crippen LogP contribution is 2.39. The molecule has 0 spiro atoms. The molecular weight excluding hydrogens is 168 g/mol. The Morgan fingerprint density at radius 1 is 1.46 bits per heavy atom. The van der Waals surface area contributed by atoms with Gasteiger partial charge < -0.3 is 4.90 Å². The molecule has 0 aromatic rings. The topological polar surface area (TPSA) is 49.7 Å². The van der Waals surface area contributed by atoms with E-state index >= 15 is 0 Å². The summed E-state index contributed by atoms with van der Waals surface area (Å²) in [7, 11) is 0. The van der Waals surface area contributed by atoms with Crippen LogP contribution in [0.15, 0.2) is 5.18 Å². The molecule has 4 nitrogen and oxygen atoms in total. The van der Waals surface area contributed by atoms with Gasteiger partial charge in [0.25, 0.3) is 0 Å². The van der Waals surface area contributed by atoms with Crippen molar-refractivity contribution >= 4 is 5.91 Å². The molecule has 1 amide bonds. The van der Waals surface area contributed by atoms with Crippen molar-refractivity contribution in [3.05, 3.63) is 4.91 Å². The molecule has 1 fully saturated rings. The molecule has 74 valence electrons. The van der Waals surface area contributed by atoms with Crippen LogP contribution in [0.1, 0.15) is 20.3 Å². The average Bonchev–Trinajstić information content (AvgIpc) is 2.87. The van der Waals surface area contributed by atoms with Crippen LogP contribution in [0.25, 0.3) is 0 Å². The zero-order chi connectivity index (χ0) is 9.84. The highest BCUT2D eigenvalue weighted by atomic mass is 16.3. The van der Waals surface area contributed by atoms with Crippen LogP contribution >= 0.6 is 0 Å². The van der Waals surface area contributed by atoms with Crippen LogP contribution in [0, 0.1) is 16.7 Å². The number of carbonyl (C=O) groups excluding carboxylic acids is 1. The average molecular weight is 184 g/mol. The molecule has 1 saturated carbocycles. The summed E-state index contributed by atoms with van der Waals surface area (Å²) in [6.45, 7) is 5.76. The first-order valence-electron chi connectivity index (χ1n) is 4.82. The Balaban J connectivity index is 2.37. The fourth-order valence-electron chi connectivity index (χ4n) is 1.62. The Bertz CT molecular complexity index is 202. The molecule has 0 N–H and O–H groups in total. The van der Waals surface area contributed by atoms with Gasteiger partial charge in [0.05, 0.1) is 6.54 Å². The lowest BCUT2D eigenvalue weighted by molar-refractivity contribution is -0.132. The Morgan fingerprint density at radius 3 is 2.54 bits per heavy atom. The number of hydrogen-bond donors (Lipinski definition) is 0. The van der Waals surface area contributed by atoms with Crippen molar-refractivity contribution in [2.45, 2.75) is 20.3 Å². The van der Waals surface area contributed by atoms with E-state index in [2.05, 4.69) is 5.18 Å². The van der Waals surface area contributed by atoms with Gasteiger partial charge in [0, 0.05) is 19.0 Å². The Morgan fingerprint density at radius 2 is 2.08 bits per heavy atom. The van der Waals surface area contributed by atoms with Gasteiger partial charge in [0.2, 0.25) is 5.91 Å². The first-order valence-corrected chi connectivity index (χ1v) is 4.82. The quantitative estimate of drug-likeness (QED) is 0.604. The molecular formula is C9H16N2O2. The summed E-state index contributed by atoms with van der Waals surface area (Å²) >= 11 is 0. The van der Waals surface area contributed by atoms with Crippen LogP contribution in [-0.4, -0.2) is 30.4 Å². The van der Waals surface area contributed by atoms with Crippen LogP contribution in [0.3, 0.4) is 0 Å². The molecule has 0 aromatic carbocycles. The van der Waals surface area contributed by atoms with E-state index in [4.69, 9.17) is 0 Å². The van der Waals surface area contributed by atoms with Crippen molar-refractivity contribution in [2.24, 2.45) is 17.0 Å². The van der Waals surface area contributed by atoms with E-state index in [0.717, 1.165) is 19.5 Å². The maximum atomic E-state index is 11.6. The molecule has 0 heterocycles. The second-order valence-electron chi connectivity index (χ2n) is 3.42. The maximum absolute atomic E-state index is 11.6. The Kier molecular flexibility index (Phi) is 3.39. The van der Waals surface area contributed by atoms with Gasteiger partial charge in [-0.05, 0) is 26.2 Å². The highest BCUT2D eigenvalue weighted by molar-refractivity contribution is 5.81. The maximum Gasteiger partial charge on any atom is 0.226 e. The van der Waals surface area contributed by atoms with E-state index in [-0.39, 0.29) is 17.7 Å². The normalized spacial score (nSPS) is 25.4. The standard InChI is InChI=1S/C9H16N2O2/c1-3-11(4-2)9(12)8-5-7(8)6-10-13/h7-8H,3-6H2,1-2H3/t7-,8-/m0/s1. The van der Waals surface area contributed by atoms with Gasteiger partial charge in [-0.3, -0.25) is 4.79 Å². The predicted molar refractivity (Wildman–Crippen MR) is 50.2 cm³/mol. The molecule has 0 unspecified atom stereocenters. The zero-order valence-corrected chi connectivity index (χ0v) is 8.19. The van der Waals surface area contributed by atoms with Crippen molar-refractivity contribution in [1.29, 1.82) is 0 Å². The SMILES string of the molecule is CCN(CC)C(=O)[C@H]1C[C@H]1CN=O. The molecule has 1 aliphatic carbocycles. The summed E-state index contributed by atoms with van der Waals surface area (Å²) in [6, 6.07) is 0. The van der Waals surface area contributed by atoms with E-state index < -0.39 is 0 Å². The second-order valence-corrected chi connectivity index (χ2v) is 3.42. The summed E-state index contributed by atoms with van der Waals surface area (Å²) < 4.78 is 0. The van der Waals surface area contributed by atoms with Crippen LogP contribution in [0.2, 0.25) is 0 Å². The largest absolute Gasteiger partial charge is 0.343 e. The van der Waals surface area contributed by atoms with E-state index in [9.17, 15) is 9.70 Å². The molecule has 0 radical (unpaired) electrons. The number of amides is 1. The number of hydrogen-bond acceptors (Lipinski definition) is 3. The van der Waals surface area contributed by atoms with E-state index in [0.29, 0.717) is 6.54 Å². The van der Waals surface area contributed by atoms with E-state index in [1.54, 1.807) is 0 Å². The molecule has 4 heteroatoms. The van der Waals surface area contributed by atoms with Gasteiger partial charge in [0.1, 0.15) is 0 Å². The molecule has 13 heavy (non-hydrogen) atoms. The van der Waals surface area contributed by atoms with Crippen LogP contribution in [0.4, 0.5) is 0 Å². The third-order valence-electron chi connectivity index (χ3n) is 2.62. The molecule has 0 aromatic heterocycles. The fraction of sp³-hybridized carbons (Fsp3) is 0.889. The lowest BCUT2D eigenvalue weighted by Crippen LogP contribution is -2.32. The van der Waals surface area contributed by atoms with Crippen LogP contribution in [-0.2, 0) is 4.79 Å². The van der Waals surface area contributed by atoms with Crippen molar-refractivity contribution in [3.8, 4) is 0 Å². The van der Waals surface area contributed by atoms with E-state index in [1.807, 2.05) is 18.7 Å². The third-order valence-corrected chi connectivity index (χ3v) is 2.62. The molecule has 0 bridgehead atoms. The number of rotatable bonds is 5. The van der Waals surface area contributed by atoms with Gasteiger partial charge in [-0.15, -0.1) is 0 Å². The molecule has 1 aliphatic rings. The first kappa shape index (κ1) is 10.2. The Labute approximate surface area is 78.3 Å². The minimum absolute atomic E-state index is 0.0811. The van der Waals surface area contributed by atoms with Crippen molar-refractivity contribution in [2.75, 3.05) is 19.6 Å². The van der Waals surface area contributed by atoms with E-state index in [1.165, 1.54) is 0 Å². The minimum Gasteiger partial charge on any atom is -0.343 e. The first-order chi connectivity index (χ1) is 6.24. The molecule has 1 rings (SSSR count). The Hall–Kier alpha value is -0.930. The lowest BCUT2D eigenvalue weighted by Gasteiger charge is -2.18. The minimum atomic E-state index is 0.0811. The van der Waals surface area contributed by atoms with Gasteiger partial charge in [-0.2, -0.15) is 4.91 Å². The second kappa shape index (κ2) is 4.35. The van der Waals surface area contributed by atoms with Gasteiger partial charge >= 0.3 is 0 Å². The number of nitrogens with zero attached hydrogens (tertiary/aromatic N) is 2. The van der Waals surface area contributed by atoms with Crippen LogP contribution in [0.5, 0.6) is 0 Å². The summed E-state index contributed by atoms with van der Waals surface area (Å²) in [5.74, 6) is 0.502.